The Balaban J connectivity index is 1.59. The number of ether oxygens (including phenoxy) is 1. The molecule has 0 radical (unpaired) electrons. The van der Waals surface area contributed by atoms with Gasteiger partial charge in [-0.15, -0.1) is 0 Å². The summed E-state index contributed by atoms with van der Waals surface area (Å²) in [4.78, 5) is 30.6. The van der Waals surface area contributed by atoms with Gasteiger partial charge in [0.25, 0.3) is 11.7 Å². The molecule has 2 fully saturated rings. The molecule has 2 heterocycles. The number of rotatable bonds is 7. The molecule has 1 amide bonds. The number of nitrogens with zero attached hydrogens (tertiary/aromatic N) is 2. The summed E-state index contributed by atoms with van der Waals surface area (Å²) in [5, 5.41) is 21.6. The molecular weight excluding hydrogens is 480 g/mol. The van der Waals surface area contributed by atoms with Gasteiger partial charge in [-0.25, -0.2) is 0 Å². The Bertz CT molecular complexity index is 1370. The van der Waals surface area contributed by atoms with Gasteiger partial charge in [-0.05, 0) is 72.9 Å². The fourth-order valence-corrected chi connectivity index (χ4v) is 5.06. The number of aromatic hydroxyl groups is 1. The van der Waals surface area contributed by atoms with Gasteiger partial charge in [0, 0.05) is 30.0 Å². The molecule has 7 nitrogen and oxygen atoms in total. The third-order valence-corrected chi connectivity index (χ3v) is 6.92. The van der Waals surface area contributed by atoms with E-state index in [9.17, 15) is 19.8 Å². The first-order valence-corrected chi connectivity index (χ1v) is 13.0. The molecule has 0 saturated carbocycles. The molecule has 5 rings (SSSR count). The largest absolute Gasteiger partial charge is 0.508 e. The Morgan fingerprint density at radius 3 is 2.32 bits per heavy atom. The molecule has 0 bridgehead atoms. The van der Waals surface area contributed by atoms with Gasteiger partial charge >= 0.3 is 0 Å². The molecule has 3 aromatic rings. The first kappa shape index (κ1) is 25.4. The van der Waals surface area contributed by atoms with Crippen LogP contribution in [0.4, 0.5) is 11.4 Å². The van der Waals surface area contributed by atoms with E-state index in [-0.39, 0.29) is 17.1 Å². The molecule has 0 spiro atoms. The van der Waals surface area contributed by atoms with Crippen molar-refractivity contribution in [3.63, 3.8) is 0 Å². The summed E-state index contributed by atoms with van der Waals surface area (Å²) in [5.74, 6) is -0.929. The number of aliphatic hydroxyl groups excluding tert-OH is 1. The van der Waals surface area contributed by atoms with Crippen LogP contribution in [0.25, 0.3) is 5.76 Å². The number of carbonyl (C=O) groups excluding carboxylic acids is 2. The molecule has 1 atom stereocenters. The van der Waals surface area contributed by atoms with Gasteiger partial charge < -0.3 is 19.8 Å². The fourth-order valence-electron chi connectivity index (χ4n) is 5.06. The van der Waals surface area contributed by atoms with Crippen LogP contribution in [0.15, 0.2) is 78.4 Å². The van der Waals surface area contributed by atoms with Crippen molar-refractivity contribution in [1.82, 2.24) is 0 Å². The summed E-state index contributed by atoms with van der Waals surface area (Å²) in [5.41, 5.74) is 2.46. The number of anilines is 2. The Labute approximate surface area is 222 Å². The number of ketones is 1. The van der Waals surface area contributed by atoms with E-state index < -0.39 is 17.7 Å². The number of amides is 1. The monoisotopic (exact) mass is 512 g/mol. The van der Waals surface area contributed by atoms with Crippen molar-refractivity contribution in [3.05, 3.63) is 89.5 Å². The number of benzene rings is 3. The average Bonchev–Trinajstić information content (AvgIpc) is 3.55. The van der Waals surface area contributed by atoms with Gasteiger partial charge in [0.2, 0.25) is 0 Å². The molecule has 0 aromatic heterocycles. The zero-order valence-electron chi connectivity index (χ0n) is 21.6. The van der Waals surface area contributed by atoms with Crippen molar-refractivity contribution >= 4 is 28.8 Å². The van der Waals surface area contributed by atoms with E-state index >= 15 is 0 Å². The van der Waals surface area contributed by atoms with E-state index in [1.54, 1.807) is 36.4 Å². The van der Waals surface area contributed by atoms with E-state index in [1.165, 1.54) is 17.0 Å². The first-order chi connectivity index (χ1) is 18.3. The second kappa shape index (κ2) is 10.6. The molecular formula is C31H32N2O5. The van der Waals surface area contributed by atoms with Crippen LogP contribution in [-0.4, -0.2) is 41.6 Å². The molecule has 38 heavy (non-hydrogen) atoms. The van der Waals surface area contributed by atoms with Gasteiger partial charge in [0.05, 0.1) is 18.2 Å². The van der Waals surface area contributed by atoms with Gasteiger partial charge in [0.1, 0.15) is 17.3 Å². The van der Waals surface area contributed by atoms with Crippen LogP contribution < -0.4 is 14.5 Å². The Hall–Kier alpha value is -4.26. The van der Waals surface area contributed by atoms with Gasteiger partial charge in [-0.1, -0.05) is 38.1 Å². The lowest BCUT2D eigenvalue weighted by atomic mass is 9.95. The van der Waals surface area contributed by atoms with E-state index in [2.05, 4.69) is 4.90 Å². The Morgan fingerprint density at radius 1 is 0.947 bits per heavy atom. The lowest BCUT2D eigenvalue weighted by molar-refractivity contribution is -0.132. The van der Waals surface area contributed by atoms with Gasteiger partial charge in [-0.2, -0.15) is 0 Å². The molecule has 3 aromatic carbocycles. The van der Waals surface area contributed by atoms with Crippen LogP contribution >= 0.6 is 0 Å². The highest BCUT2D eigenvalue weighted by Crippen LogP contribution is 2.43. The van der Waals surface area contributed by atoms with Crippen LogP contribution in [-0.2, 0) is 9.59 Å². The fraction of sp³-hybridized carbons (Fsp3) is 0.290. The average molecular weight is 513 g/mol. The van der Waals surface area contributed by atoms with Gasteiger partial charge in [0.15, 0.2) is 0 Å². The van der Waals surface area contributed by atoms with Crippen LogP contribution in [0, 0.1) is 5.92 Å². The molecule has 1 unspecified atom stereocenters. The highest BCUT2D eigenvalue weighted by Gasteiger charge is 2.47. The summed E-state index contributed by atoms with van der Waals surface area (Å²) in [6.07, 6.45) is 2.30. The number of carbonyl (C=O) groups is 2. The Morgan fingerprint density at radius 2 is 1.63 bits per heavy atom. The molecule has 2 aliphatic heterocycles. The smallest absolute Gasteiger partial charge is 0.300 e. The molecule has 0 aliphatic carbocycles. The summed E-state index contributed by atoms with van der Waals surface area (Å²) in [7, 11) is 0. The Kier molecular flexibility index (Phi) is 7.09. The van der Waals surface area contributed by atoms with E-state index in [0.29, 0.717) is 35.1 Å². The van der Waals surface area contributed by atoms with Crippen LogP contribution in [0.2, 0.25) is 0 Å². The SMILES string of the molecule is CC(C)COc1cccc(/C(O)=C2\C(=O)C(=O)N(c3ccc(N4CCCC4)cc3)C2c2cccc(O)c2)c1. The number of hydrogen-bond donors (Lipinski definition) is 2. The number of hydrogen-bond acceptors (Lipinski definition) is 6. The maximum atomic E-state index is 13.4. The zero-order valence-corrected chi connectivity index (χ0v) is 21.6. The zero-order chi connectivity index (χ0) is 26.8. The standard InChI is InChI=1S/C31H32N2O5/c1-20(2)19-38-26-10-6-8-22(18-26)29(35)27-28(21-7-5-9-25(34)17-21)33(31(37)30(27)36)24-13-11-23(12-14-24)32-15-3-4-16-32/h5-14,17-18,20,28,34-35H,3-4,15-16,19H2,1-2H3/b29-27+. The van der Waals surface area contributed by atoms with Crippen LogP contribution in [0.3, 0.4) is 0 Å². The third-order valence-electron chi connectivity index (χ3n) is 6.92. The maximum Gasteiger partial charge on any atom is 0.300 e. The lowest BCUT2D eigenvalue weighted by Crippen LogP contribution is -2.29. The van der Waals surface area contributed by atoms with Crippen molar-refractivity contribution < 1.29 is 24.5 Å². The topological polar surface area (TPSA) is 90.3 Å². The second-order valence-electron chi connectivity index (χ2n) is 10.2. The van der Waals surface area contributed by atoms with E-state index in [1.807, 2.05) is 38.1 Å². The normalized spacial score (nSPS) is 19.0. The summed E-state index contributed by atoms with van der Waals surface area (Å²) in [6, 6.07) is 19.9. The third kappa shape index (κ3) is 4.96. The minimum atomic E-state index is -0.917. The van der Waals surface area contributed by atoms with Crippen molar-refractivity contribution in [2.75, 3.05) is 29.5 Å². The van der Waals surface area contributed by atoms with Gasteiger partial charge in [-0.3, -0.25) is 14.5 Å². The number of phenols is 1. The summed E-state index contributed by atoms with van der Waals surface area (Å²) < 4.78 is 5.81. The molecule has 2 N–H and O–H groups in total. The number of aliphatic hydroxyl groups is 1. The summed E-state index contributed by atoms with van der Waals surface area (Å²) >= 11 is 0. The lowest BCUT2D eigenvalue weighted by Gasteiger charge is -2.26. The van der Waals surface area contributed by atoms with Crippen molar-refractivity contribution in [2.45, 2.75) is 32.7 Å². The minimum Gasteiger partial charge on any atom is -0.508 e. The molecule has 2 aliphatic rings. The highest BCUT2D eigenvalue weighted by molar-refractivity contribution is 6.51. The number of phenolic OH excluding ortho intramolecular Hbond substituents is 1. The predicted molar refractivity (Wildman–Crippen MR) is 148 cm³/mol. The highest BCUT2D eigenvalue weighted by atomic mass is 16.5. The molecule has 196 valence electrons. The van der Waals surface area contributed by atoms with E-state index in [4.69, 9.17) is 4.74 Å². The maximum absolute atomic E-state index is 13.4. The predicted octanol–water partition coefficient (Wildman–Crippen LogP) is 5.65. The quantitative estimate of drug-likeness (QED) is 0.241. The first-order valence-electron chi connectivity index (χ1n) is 13.0. The van der Waals surface area contributed by atoms with E-state index in [0.717, 1.165) is 31.6 Å². The molecule has 2 saturated heterocycles. The van der Waals surface area contributed by atoms with Crippen molar-refractivity contribution in [3.8, 4) is 11.5 Å². The molecule has 7 heteroatoms. The van der Waals surface area contributed by atoms with Crippen molar-refractivity contribution in [1.29, 1.82) is 0 Å². The van der Waals surface area contributed by atoms with Crippen LogP contribution in [0.1, 0.15) is 43.9 Å². The minimum absolute atomic E-state index is 0.00144. The second-order valence-corrected chi connectivity index (χ2v) is 10.2. The van der Waals surface area contributed by atoms with Crippen molar-refractivity contribution in [2.24, 2.45) is 5.92 Å². The summed E-state index contributed by atoms with van der Waals surface area (Å²) in [6.45, 7) is 6.57. The number of Topliss-reactive ketones (excluding diaryl/α,β-unsaturated/α-hetero) is 1. The van der Waals surface area contributed by atoms with Crippen LogP contribution in [0.5, 0.6) is 11.5 Å².